The van der Waals surface area contributed by atoms with Crippen LogP contribution in [0.2, 0.25) is 0 Å². The second-order valence-electron chi connectivity index (χ2n) is 4.54. The number of nitrogens with one attached hydrogen (secondary N) is 1. The average Bonchev–Trinajstić information content (AvgIpc) is 3.10. The number of imidazole rings is 1. The van der Waals surface area contributed by atoms with Gasteiger partial charge in [-0.15, -0.1) is 0 Å². The van der Waals surface area contributed by atoms with Gasteiger partial charge in [-0.2, -0.15) is 0 Å². The summed E-state index contributed by atoms with van der Waals surface area (Å²) in [5.74, 6) is 0.676. The van der Waals surface area contributed by atoms with Crippen molar-refractivity contribution in [1.82, 2.24) is 19.5 Å². The summed E-state index contributed by atoms with van der Waals surface area (Å²) >= 11 is 0. The maximum absolute atomic E-state index is 9.95. The maximum atomic E-state index is 9.95. The van der Waals surface area contributed by atoms with Crippen molar-refractivity contribution in [3.8, 4) is 0 Å². The molecule has 7 nitrogen and oxygen atoms in total. The number of hydrogen-bond donors (Lipinski definition) is 2. The Kier molecular flexibility index (Phi) is 3.34. The van der Waals surface area contributed by atoms with Crippen LogP contribution < -0.4 is 5.32 Å². The van der Waals surface area contributed by atoms with Gasteiger partial charge in [-0.25, -0.2) is 15.0 Å². The topological polar surface area (TPSA) is 89.0 Å². The fraction of sp³-hybridized carbons (Fsp3) is 0.308. The highest BCUT2D eigenvalue weighted by Gasteiger charge is 2.10. The minimum atomic E-state index is -0.553. The second-order valence-corrected chi connectivity index (χ2v) is 4.54. The largest absolute Gasteiger partial charge is 0.472 e. The SMILES string of the molecule is Cn1cnc2c(NCCC(O)c3ccoc3)ncnc21. The molecule has 0 aliphatic rings. The quantitative estimate of drug-likeness (QED) is 0.732. The number of aliphatic hydroxyl groups excluding tert-OH is 1. The third-order valence-corrected chi connectivity index (χ3v) is 3.14. The zero-order chi connectivity index (χ0) is 13.9. The molecule has 0 amide bonds. The van der Waals surface area contributed by atoms with Crippen LogP contribution >= 0.6 is 0 Å². The van der Waals surface area contributed by atoms with Gasteiger partial charge < -0.3 is 19.4 Å². The summed E-state index contributed by atoms with van der Waals surface area (Å²) in [6.07, 6.45) is 6.30. The van der Waals surface area contributed by atoms with Gasteiger partial charge in [0.25, 0.3) is 0 Å². The zero-order valence-electron chi connectivity index (χ0n) is 11.0. The van der Waals surface area contributed by atoms with E-state index in [2.05, 4.69) is 20.3 Å². The lowest BCUT2D eigenvalue weighted by Crippen LogP contribution is -2.09. The van der Waals surface area contributed by atoms with Crippen LogP contribution in [0.25, 0.3) is 11.2 Å². The van der Waals surface area contributed by atoms with E-state index in [9.17, 15) is 5.11 Å². The van der Waals surface area contributed by atoms with Gasteiger partial charge in [-0.3, -0.25) is 0 Å². The maximum Gasteiger partial charge on any atom is 0.165 e. The van der Waals surface area contributed by atoms with E-state index < -0.39 is 6.10 Å². The fourth-order valence-electron chi connectivity index (χ4n) is 2.03. The van der Waals surface area contributed by atoms with Crippen LogP contribution in [0.1, 0.15) is 18.1 Å². The molecular weight excluding hydrogens is 258 g/mol. The number of rotatable bonds is 5. The molecule has 0 bridgehead atoms. The number of aromatic nitrogens is 4. The first-order chi connectivity index (χ1) is 9.75. The van der Waals surface area contributed by atoms with E-state index in [0.29, 0.717) is 18.8 Å². The van der Waals surface area contributed by atoms with Crippen LogP contribution in [0.4, 0.5) is 5.82 Å². The highest BCUT2D eigenvalue weighted by Crippen LogP contribution is 2.19. The number of anilines is 1. The molecule has 2 N–H and O–H groups in total. The van der Waals surface area contributed by atoms with Gasteiger partial charge in [0, 0.05) is 19.2 Å². The van der Waals surface area contributed by atoms with Gasteiger partial charge in [0.1, 0.15) is 11.8 Å². The minimum absolute atomic E-state index is 0.553. The van der Waals surface area contributed by atoms with E-state index in [1.807, 2.05) is 11.6 Å². The van der Waals surface area contributed by atoms with Crippen LogP contribution in [0.5, 0.6) is 0 Å². The van der Waals surface area contributed by atoms with Crippen molar-refractivity contribution in [3.63, 3.8) is 0 Å². The third-order valence-electron chi connectivity index (χ3n) is 3.14. The molecule has 0 saturated carbocycles. The fourth-order valence-corrected chi connectivity index (χ4v) is 2.03. The van der Waals surface area contributed by atoms with Crippen molar-refractivity contribution in [2.24, 2.45) is 7.05 Å². The van der Waals surface area contributed by atoms with Gasteiger partial charge in [-0.05, 0) is 12.5 Å². The zero-order valence-corrected chi connectivity index (χ0v) is 11.0. The predicted molar refractivity (Wildman–Crippen MR) is 73.1 cm³/mol. The van der Waals surface area contributed by atoms with Crippen molar-refractivity contribution in [2.75, 3.05) is 11.9 Å². The average molecular weight is 273 g/mol. The molecule has 0 fully saturated rings. The third kappa shape index (κ3) is 2.35. The second kappa shape index (κ2) is 5.30. The molecule has 20 heavy (non-hydrogen) atoms. The molecule has 1 unspecified atom stereocenters. The molecule has 104 valence electrons. The summed E-state index contributed by atoms with van der Waals surface area (Å²) in [4.78, 5) is 12.6. The molecule has 7 heteroatoms. The van der Waals surface area contributed by atoms with E-state index >= 15 is 0 Å². The molecule has 0 aromatic carbocycles. The van der Waals surface area contributed by atoms with E-state index in [4.69, 9.17) is 4.42 Å². The molecule has 3 aromatic rings. The molecule has 3 rings (SSSR count). The molecule has 1 atom stereocenters. The van der Waals surface area contributed by atoms with Crippen molar-refractivity contribution in [2.45, 2.75) is 12.5 Å². The van der Waals surface area contributed by atoms with Gasteiger partial charge >= 0.3 is 0 Å². The molecule has 3 heterocycles. The van der Waals surface area contributed by atoms with Gasteiger partial charge in [0.05, 0.1) is 25.0 Å². The number of hydrogen-bond acceptors (Lipinski definition) is 6. The molecule has 0 radical (unpaired) electrons. The van der Waals surface area contributed by atoms with Crippen molar-refractivity contribution in [1.29, 1.82) is 0 Å². The van der Waals surface area contributed by atoms with Crippen LogP contribution in [0.15, 0.2) is 35.7 Å². The molecule has 0 saturated heterocycles. The normalized spacial score (nSPS) is 12.7. The Hall–Kier alpha value is -2.41. The Balaban J connectivity index is 1.65. The minimum Gasteiger partial charge on any atom is -0.472 e. The summed E-state index contributed by atoms with van der Waals surface area (Å²) in [6, 6.07) is 1.76. The Labute approximate surface area is 115 Å². The van der Waals surface area contributed by atoms with E-state index in [1.165, 1.54) is 6.33 Å². The first-order valence-electron chi connectivity index (χ1n) is 6.32. The first-order valence-corrected chi connectivity index (χ1v) is 6.32. The number of nitrogens with zero attached hydrogens (tertiary/aromatic N) is 4. The van der Waals surface area contributed by atoms with E-state index in [0.717, 1.165) is 16.7 Å². The lowest BCUT2D eigenvalue weighted by molar-refractivity contribution is 0.171. The van der Waals surface area contributed by atoms with Crippen LogP contribution in [-0.2, 0) is 7.05 Å². The number of aliphatic hydroxyl groups is 1. The summed E-state index contributed by atoms with van der Waals surface area (Å²) in [6.45, 7) is 0.578. The van der Waals surface area contributed by atoms with Gasteiger partial charge in [0.15, 0.2) is 11.5 Å². The molecule has 0 aliphatic carbocycles. The molecular formula is C13H15N5O2. The van der Waals surface area contributed by atoms with Crippen LogP contribution in [0.3, 0.4) is 0 Å². The lowest BCUT2D eigenvalue weighted by Gasteiger charge is -2.09. The number of fused-ring (bicyclic) bond motifs is 1. The number of aryl methyl sites for hydroxylation is 1. The molecule has 0 aliphatic heterocycles. The van der Waals surface area contributed by atoms with Crippen molar-refractivity contribution >= 4 is 17.0 Å². The van der Waals surface area contributed by atoms with Crippen molar-refractivity contribution < 1.29 is 9.52 Å². The predicted octanol–water partition coefficient (Wildman–Crippen LogP) is 1.49. The smallest absolute Gasteiger partial charge is 0.165 e. The van der Waals surface area contributed by atoms with E-state index in [1.54, 1.807) is 24.9 Å². The van der Waals surface area contributed by atoms with Crippen LogP contribution in [-0.4, -0.2) is 31.2 Å². The summed E-state index contributed by atoms with van der Waals surface area (Å²) in [5, 5.41) is 13.1. The van der Waals surface area contributed by atoms with Crippen LogP contribution in [0, 0.1) is 0 Å². The first kappa shape index (κ1) is 12.6. The monoisotopic (exact) mass is 273 g/mol. The molecule has 0 spiro atoms. The van der Waals surface area contributed by atoms with Gasteiger partial charge in [-0.1, -0.05) is 0 Å². The Morgan fingerprint density at radius 3 is 3.10 bits per heavy atom. The standard InChI is InChI=1S/C13H15N5O2/c1-18-8-17-11-12(15-7-16-13(11)18)14-4-2-10(19)9-3-5-20-6-9/h3,5-8,10,19H,2,4H2,1H3,(H,14,15,16). The summed E-state index contributed by atoms with van der Waals surface area (Å²) in [5.41, 5.74) is 2.28. The lowest BCUT2D eigenvalue weighted by atomic mass is 10.1. The molecule has 3 aromatic heterocycles. The summed E-state index contributed by atoms with van der Waals surface area (Å²) in [7, 11) is 1.88. The van der Waals surface area contributed by atoms with E-state index in [-0.39, 0.29) is 0 Å². The van der Waals surface area contributed by atoms with Crippen molar-refractivity contribution in [3.05, 3.63) is 36.8 Å². The highest BCUT2D eigenvalue weighted by molar-refractivity contribution is 5.82. The number of furan rings is 1. The Morgan fingerprint density at radius 1 is 1.40 bits per heavy atom. The summed E-state index contributed by atoms with van der Waals surface area (Å²) < 4.78 is 6.78. The Bertz CT molecular complexity index is 692. The highest BCUT2D eigenvalue weighted by atomic mass is 16.3. The Morgan fingerprint density at radius 2 is 2.30 bits per heavy atom. The van der Waals surface area contributed by atoms with Gasteiger partial charge in [0.2, 0.25) is 0 Å².